The molecule has 2 N–H and O–H groups in total. The summed E-state index contributed by atoms with van der Waals surface area (Å²) >= 11 is 0. The molecule has 120 valence electrons. The Morgan fingerprint density at radius 1 is 1.04 bits per heavy atom. The molecule has 0 fully saturated rings. The van der Waals surface area contributed by atoms with E-state index < -0.39 is 17.9 Å². The summed E-state index contributed by atoms with van der Waals surface area (Å²) in [6, 6.07) is 14.6. The monoisotopic (exact) mass is 313 g/mol. The highest BCUT2D eigenvalue weighted by Crippen LogP contribution is 2.22. The molecule has 5 nitrogen and oxygen atoms in total. The number of nitrogens with one attached hydrogen (secondary N) is 1. The Morgan fingerprint density at radius 2 is 1.57 bits per heavy atom. The summed E-state index contributed by atoms with van der Waals surface area (Å²) in [6.07, 6.45) is 0. The van der Waals surface area contributed by atoms with Crippen LogP contribution in [0.5, 0.6) is 5.75 Å². The van der Waals surface area contributed by atoms with E-state index in [-0.39, 0.29) is 6.61 Å². The molecule has 0 aliphatic heterocycles. The highest BCUT2D eigenvalue weighted by atomic mass is 16.5. The first-order chi connectivity index (χ1) is 11.0. The van der Waals surface area contributed by atoms with Crippen LogP contribution in [0, 0.1) is 6.92 Å². The average Bonchev–Trinajstić information content (AvgIpc) is 2.54. The van der Waals surface area contributed by atoms with Crippen molar-refractivity contribution in [3.8, 4) is 16.9 Å². The normalized spacial score (nSPS) is 11.6. The predicted octanol–water partition coefficient (Wildman–Crippen LogP) is 2.63. The molecule has 23 heavy (non-hydrogen) atoms. The van der Waals surface area contributed by atoms with E-state index in [0.717, 1.165) is 11.1 Å². The number of carbonyl (C=O) groups excluding carboxylic acids is 1. The molecule has 2 rings (SSSR count). The highest BCUT2D eigenvalue weighted by Gasteiger charge is 2.14. The largest absolute Gasteiger partial charge is 0.484 e. The lowest BCUT2D eigenvalue weighted by Crippen LogP contribution is -2.40. The lowest BCUT2D eigenvalue weighted by atomic mass is 10.0. The Morgan fingerprint density at radius 3 is 2.09 bits per heavy atom. The van der Waals surface area contributed by atoms with Crippen LogP contribution in [0.2, 0.25) is 0 Å². The number of carboxylic acid groups (broad SMARTS) is 1. The van der Waals surface area contributed by atoms with Crippen LogP contribution in [0.15, 0.2) is 48.5 Å². The van der Waals surface area contributed by atoms with Crippen molar-refractivity contribution in [1.29, 1.82) is 0 Å². The third kappa shape index (κ3) is 4.85. The summed E-state index contributed by atoms with van der Waals surface area (Å²) < 4.78 is 5.35. The molecule has 0 saturated heterocycles. The van der Waals surface area contributed by atoms with E-state index in [4.69, 9.17) is 9.84 Å². The molecule has 1 amide bonds. The van der Waals surface area contributed by atoms with E-state index in [2.05, 4.69) is 5.32 Å². The molecular formula is C18H19NO4. The zero-order valence-corrected chi connectivity index (χ0v) is 13.1. The van der Waals surface area contributed by atoms with E-state index >= 15 is 0 Å². The molecule has 0 aliphatic rings. The van der Waals surface area contributed by atoms with Crippen molar-refractivity contribution in [3.05, 3.63) is 54.1 Å². The predicted molar refractivity (Wildman–Crippen MR) is 87.4 cm³/mol. The molecule has 0 aromatic heterocycles. The molecular weight excluding hydrogens is 294 g/mol. The zero-order chi connectivity index (χ0) is 16.8. The topological polar surface area (TPSA) is 75.6 Å². The van der Waals surface area contributed by atoms with Gasteiger partial charge in [0.15, 0.2) is 6.61 Å². The van der Waals surface area contributed by atoms with E-state index in [0.29, 0.717) is 5.75 Å². The molecule has 0 bridgehead atoms. The SMILES string of the molecule is Cc1ccc(-c2ccc(OCC(=O)N[C@@H](C)C(=O)O)cc2)cc1. The van der Waals surface area contributed by atoms with Crippen molar-refractivity contribution in [2.75, 3.05) is 6.61 Å². The third-order valence-electron chi connectivity index (χ3n) is 3.36. The maximum atomic E-state index is 11.6. The van der Waals surface area contributed by atoms with Crippen LogP contribution < -0.4 is 10.1 Å². The van der Waals surface area contributed by atoms with Gasteiger partial charge in [-0.05, 0) is 37.1 Å². The number of hydrogen-bond donors (Lipinski definition) is 2. The van der Waals surface area contributed by atoms with E-state index in [1.807, 2.05) is 43.3 Å². The highest BCUT2D eigenvalue weighted by molar-refractivity contribution is 5.84. The zero-order valence-electron chi connectivity index (χ0n) is 13.1. The number of amides is 1. The molecule has 0 spiro atoms. The van der Waals surface area contributed by atoms with Crippen LogP contribution in [-0.2, 0) is 9.59 Å². The minimum atomic E-state index is -1.08. The summed E-state index contributed by atoms with van der Waals surface area (Å²) in [5.74, 6) is -0.998. The Kier molecular flexibility index (Phi) is 5.36. The summed E-state index contributed by atoms with van der Waals surface area (Å²) in [7, 11) is 0. The quantitative estimate of drug-likeness (QED) is 0.859. The van der Waals surface area contributed by atoms with Crippen molar-refractivity contribution >= 4 is 11.9 Å². The lowest BCUT2D eigenvalue weighted by Gasteiger charge is -2.10. The summed E-state index contributed by atoms with van der Waals surface area (Å²) in [5, 5.41) is 11.0. The van der Waals surface area contributed by atoms with E-state index in [1.165, 1.54) is 12.5 Å². The summed E-state index contributed by atoms with van der Waals surface area (Å²) in [5.41, 5.74) is 3.37. The van der Waals surface area contributed by atoms with Crippen LogP contribution in [0.25, 0.3) is 11.1 Å². The van der Waals surface area contributed by atoms with Gasteiger partial charge in [0.1, 0.15) is 11.8 Å². The van der Waals surface area contributed by atoms with Gasteiger partial charge in [0, 0.05) is 0 Å². The van der Waals surface area contributed by atoms with Crippen molar-refractivity contribution in [2.24, 2.45) is 0 Å². The number of carboxylic acids is 1. The smallest absolute Gasteiger partial charge is 0.325 e. The maximum Gasteiger partial charge on any atom is 0.325 e. The van der Waals surface area contributed by atoms with Crippen LogP contribution in [0.4, 0.5) is 0 Å². The molecule has 0 aliphatic carbocycles. The van der Waals surface area contributed by atoms with Crippen molar-refractivity contribution in [2.45, 2.75) is 19.9 Å². The van der Waals surface area contributed by atoms with Gasteiger partial charge in [-0.2, -0.15) is 0 Å². The standard InChI is InChI=1S/C18H19NO4/c1-12-3-5-14(6-4-12)15-7-9-16(10-8-15)23-11-17(20)19-13(2)18(21)22/h3-10,13H,11H2,1-2H3,(H,19,20)(H,21,22)/t13-/m0/s1. The van der Waals surface area contributed by atoms with Gasteiger partial charge in [0.2, 0.25) is 0 Å². The first-order valence-electron chi connectivity index (χ1n) is 7.28. The van der Waals surface area contributed by atoms with Crippen LogP contribution in [0.1, 0.15) is 12.5 Å². The minimum Gasteiger partial charge on any atom is -0.484 e. The first-order valence-corrected chi connectivity index (χ1v) is 7.28. The van der Waals surface area contributed by atoms with Crippen molar-refractivity contribution in [3.63, 3.8) is 0 Å². The lowest BCUT2D eigenvalue weighted by molar-refractivity contribution is -0.141. The fourth-order valence-electron chi connectivity index (χ4n) is 1.98. The Balaban J connectivity index is 1.91. The average molecular weight is 313 g/mol. The van der Waals surface area contributed by atoms with Gasteiger partial charge in [-0.15, -0.1) is 0 Å². The summed E-state index contributed by atoms with van der Waals surface area (Å²) in [4.78, 5) is 22.2. The van der Waals surface area contributed by atoms with E-state index in [9.17, 15) is 9.59 Å². The van der Waals surface area contributed by atoms with Crippen molar-refractivity contribution in [1.82, 2.24) is 5.32 Å². The second-order valence-corrected chi connectivity index (χ2v) is 5.31. The van der Waals surface area contributed by atoms with Gasteiger partial charge in [0.05, 0.1) is 0 Å². The van der Waals surface area contributed by atoms with Gasteiger partial charge in [-0.25, -0.2) is 0 Å². The Bertz CT molecular complexity index is 677. The molecule has 5 heteroatoms. The molecule has 0 radical (unpaired) electrons. The second kappa shape index (κ2) is 7.45. The third-order valence-corrected chi connectivity index (χ3v) is 3.36. The van der Waals surface area contributed by atoms with Crippen LogP contribution in [0.3, 0.4) is 0 Å². The van der Waals surface area contributed by atoms with Crippen LogP contribution >= 0.6 is 0 Å². The summed E-state index contributed by atoms with van der Waals surface area (Å²) in [6.45, 7) is 3.22. The number of aryl methyl sites for hydroxylation is 1. The number of rotatable bonds is 6. The van der Waals surface area contributed by atoms with Gasteiger partial charge in [0.25, 0.3) is 5.91 Å². The molecule has 2 aromatic rings. The van der Waals surface area contributed by atoms with Gasteiger partial charge in [-0.3, -0.25) is 9.59 Å². The molecule has 0 unspecified atom stereocenters. The van der Waals surface area contributed by atoms with Crippen LogP contribution in [-0.4, -0.2) is 29.6 Å². The fourth-order valence-corrected chi connectivity index (χ4v) is 1.98. The van der Waals surface area contributed by atoms with E-state index in [1.54, 1.807) is 12.1 Å². The molecule has 1 atom stereocenters. The number of aliphatic carboxylic acids is 1. The molecule has 0 saturated carbocycles. The fraction of sp³-hybridized carbons (Fsp3) is 0.222. The number of carbonyl (C=O) groups is 2. The van der Waals surface area contributed by atoms with Gasteiger partial charge in [-0.1, -0.05) is 42.0 Å². The Labute approximate surface area is 134 Å². The van der Waals surface area contributed by atoms with Gasteiger partial charge >= 0.3 is 5.97 Å². The number of benzene rings is 2. The number of hydrogen-bond acceptors (Lipinski definition) is 3. The second-order valence-electron chi connectivity index (χ2n) is 5.31. The van der Waals surface area contributed by atoms with Gasteiger partial charge < -0.3 is 15.2 Å². The molecule has 2 aromatic carbocycles. The molecule has 0 heterocycles. The first kappa shape index (κ1) is 16.5. The maximum absolute atomic E-state index is 11.6. The Hall–Kier alpha value is -2.82. The minimum absolute atomic E-state index is 0.221. The number of ether oxygens (including phenoxy) is 1. The van der Waals surface area contributed by atoms with Crippen molar-refractivity contribution < 1.29 is 19.4 Å².